The molecule has 1 fully saturated rings. The zero-order valence-electron chi connectivity index (χ0n) is 12.1. The van der Waals surface area contributed by atoms with Crippen LogP contribution in [0.3, 0.4) is 0 Å². The Balaban J connectivity index is 1.94. The summed E-state index contributed by atoms with van der Waals surface area (Å²) in [5.74, 6) is 0.180. The fourth-order valence-electron chi connectivity index (χ4n) is 2.33. The van der Waals surface area contributed by atoms with E-state index in [-0.39, 0.29) is 24.0 Å². The number of nitrogens with zero attached hydrogens (tertiary/aromatic N) is 1. The number of benzene rings is 1. The third-order valence-electron chi connectivity index (χ3n) is 3.67. The van der Waals surface area contributed by atoms with Crippen LogP contribution in [0.25, 0.3) is 0 Å². The van der Waals surface area contributed by atoms with E-state index in [9.17, 15) is 13.2 Å². The predicted octanol–water partition coefficient (Wildman–Crippen LogP) is 0.636. The van der Waals surface area contributed by atoms with Gasteiger partial charge in [-0.05, 0) is 37.6 Å². The maximum absolute atomic E-state index is 12.1. The Morgan fingerprint density at radius 3 is 2.86 bits per heavy atom. The number of rotatable bonds is 3. The van der Waals surface area contributed by atoms with E-state index in [1.807, 2.05) is 11.8 Å². The fraction of sp³-hybridized carbons (Fsp3) is 0.500. The Kier molecular flexibility index (Phi) is 4.84. The van der Waals surface area contributed by atoms with E-state index in [1.165, 1.54) is 0 Å². The van der Waals surface area contributed by atoms with E-state index in [4.69, 9.17) is 5.73 Å². The summed E-state index contributed by atoms with van der Waals surface area (Å²) in [6.07, 6.45) is 0.576. The van der Waals surface area contributed by atoms with Crippen LogP contribution in [0.5, 0.6) is 0 Å². The molecule has 1 amide bonds. The summed E-state index contributed by atoms with van der Waals surface area (Å²) in [6, 6.07) is 5.37. The molecule has 116 valence electrons. The smallest absolute Gasteiger partial charge is 0.238 e. The van der Waals surface area contributed by atoms with Crippen molar-refractivity contribution in [2.75, 3.05) is 42.2 Å². The monoisotopic (exact) mass is 311 g/mol. The summed E-state index contributed by atoms with van der Waals surface area (Å²) in [4.78, 5) is 14.0. The molecule has 7 heteroatoms. The second-order valence-corrected chi connectivity index (χ2v) is 7.65. The van der Waals surface area contributed by atoms with Gasteiger partial charge in [-0.2, -0.15) is 0 Å². The number of hydrogen-bond donors (Lipinski definition) is 2. The van der Waals surface area contributed by atoms with Crippen LogP contribution in [0.4, 0.5) is 11.4 Å². The molecule has 21 heavy (non-hydrogen) atoms. The van der Waals surface area contributed by atoms with Crippen LogP contribution in [0.2, 0.25) is 0 Å². The Hall–Kier alpha value is -1.60. The lowest BCUT2D eigenvalue weighted by atomic mass is 10.1. The van der Waals surface area contributed by atoms with Gasteiger partial charge in [0, 0.05) is 17.9 Å². The van der Waals surface area contributed by atoms with E-state index < -0.39 is 9.84 Å². The minimum Gasteiger partial charge on any atom is -0.398 e. The second kappa shape index (κ2) is 6.44. The summed E-state index contributed by atoms with van der Waals surface area (Å²) in [6.45, 7) is 3.08. The predicted molar refractivity (Wildman–Crippen MR) is 83.9 cm³/mol. The van der Waals surface area contributed by atoms with Crippen molar-refractivity contribution in [1.82, 2.24) is 4.90 Å². The number of amides is 1. The lowest BCUT2D eigenvalue weighted by molar-refractivity contribution is -0.117. The van der Waals surface area contributed by atoms with E-state index in [0.717, 1.165) is 5.56 Å². The second-order valence-electron chi connectivity index (χ2n) is 5.35. The molecule has 0 aliphatic carbocycles. The van der Waals surface area contributed by atoms with Crippen molar-refractivity contribution >= 4 is 27.1 Å². The van der Waals surface area contributed by atoms with Gasteiger partial charge in [-0.3, -0.25) is 9.69 Å². The van der Waals surface area contributed by atoms with Gasteiger partial charge in [-0.15, -0.1) is 0 Å². The molecule has 1 aromatic carbocycles. The van der Waals surface area contributed by atoms with Crippen molar-refractivity contribution in [3.05, 3.63) is 23.8 Å². The van der Waals surface area contributed by atoms with Gasteiger partial charge in [-0.1, -0.05) is 6.07 Å². The molecular formula is C14H21N3O3S. The number of carbonyl (C=O) groups is 1. The number of carbonyl (C=O) groups excluding carboxylic acids is 1. The Morgan fingerprint density at radius 2 is 2.10 bits per heavy atom. The van der Waals surface area contributed by atoms with Crippen LogP contribution >= 0.6 is 0 Å². The molecule has 1 aliphatic rings. The summed E-state index contributed by atoms with van der Waals surface area (Å²) in [5, 5.41) is 2.83. The lowest BCUT2D eigenvalue weighted by Crippen LogP contribution is -2.35. The number of anilines is 2. The van der Waals surface area contributed by atoms with Gasteiger partial charge in [0.05, 0.1) is 18.1 Å². The molecule has 0 spiro atoms. The topological polar surface area (TPSA) is 92.5 Å². The van der Waals surface area contributed by atoms with Gasteiger partial charge in [0.1, 0.15) is 0 Å². The van der Waals surface area contributed by atoms with Crippen LogP contribution in [-0.4, -0.2) is 50.4 Å². The zero-order valence-corrected chi connectivity index (χ0v) is 12.9. The van der Waals surface area contributed by atoms with Crippen LogP contribution in [0, 0.1) is 6.92 Å². The first-order valence-corrected chi connectivity index (χ1v) is 8.77. The summed E-state index contributed by atoms with van der Waals surface area (Å²) in [5.41, 5.74) is 7.97. The summed E-state index contributed by atoms with van der Waals surface area (Å²) in [7, 11) is -2.95. The highest BCUT2D eigenvalue weighted by Crippen LogP contribution is 2.20. The molecule has 0 saturated carbocycles. The van der Waals surface area contributed by atoms with E-state index in [2.05, 4.69) is 5.32 Å². The van der Waals surface area contributed by atoms with Crippen molar-refractivity contribution in [3.8, 4) is 0 Å². The largest absolute Gasteiger partial charge is 0.398 e. The number of nitrogen functional groups attached to an aromatic ring is 1. The SMILES string of the molecule is Cc1c(N)cccc1NC(=O)CN1CCCS(=O)(=O)CC1. The van der Waals surface area contributed by atoms with Gasteiger partial charge in [0.15, 0.2) is 9.84 Å². The minimum atomic E-state index is -2.95. The molecule has 2 rings (SSSR count). The van der Waals surface area contributed by atoms with E-state index in [1.54, 1.807) is 18.2 Å². The highest BCUT2D eigenvalue weighted by Gasteiger charge is 2.20. The van der Waals surface area contributed by atoms with Gasteiger partial charge < -0.3 is 11.1 Å². The first kappa shape index (κ1) is 15.8. The molecule has 1 aromatic rings. The quantitative estimate of drug-likeness (QED) is 0.799. The lowest BCUT2D eigenvalue weighted by Gasteiger charge is -2.19. The van der Waals surface area contributed by atoms with Crippen molar-refractivity contribution in [3.63, 3.8) is 0 Å². The average molecular weight is 311 g/mol. The number of nitrogens with one attached hydrogen (secondary N) is 1. The van der Waals surface area contributed by atoms with Crippen LogP contribution in [-0.2, 0) is 14.6 Å². The molecule has 1 aliphatic heterocycles. The molecule has 6 nitrogen and oxygen atoms in total. The third kappa shape index (κ3) is 4.44. The van der Waals surface area contributed by atoms with Gasteiger partial charge >= 0.3 is 0 Å². The van der Waals surface area contributed by atoms with Crippen molar-refractivity contribution < 1.29 is 13.2 Å². The van der Waals surface area contributed by atoms with Crippen LogP contribution < -0.4 is 11.1 Å². The molecular weight excluding hydrogens is 290 g/mol. The molecule has 1 saturated heterocycles. The maximum atomic E-state index is 12.1. The van der Waals surface area contributed by atoms with Crippen LogP contribution in [0.1, 0.15) is 12.0 Å². The average Bonchev–Trinajstić information content (AvgIpc) is 2.57. The Labute approximate surface area is 125 Å². The molecule has 0 aromatic heterocycles. The molecule has 0 bridgehead atoms. The number of nitrogens with two attached hydrogens (primary N) is 1. The highest BCUT2D eigenvalue weighted by molar-refractivity contribution is 7.91. The highest BCUT2D eigenvalue weighted by atomic mass is 32.2. The maximum Gasteiger partial charge on any atom is 0.238 e. The number of sulfone groups is 1. The molecule has 0 unspecified atom stereocenters. The summed E-state index contributed by atoms with van der Waals surface area (Å²) < 4.78 is 23.1. The van der Waals surface area contributed by atoms with Gasteiger partial charge in [0.25, 0.3) is 0 Å². The van der Waals surface area contributed by atoms with Gasteiger partial charge in [0.2, 0.25) is 5.91 Å². The van der Waals surface area contributed by atoms with Crippen molar-refractivity contribution in [2.45, 2.75) is 13.3 Å². The standard InChI is InChI=1S/C14H21N3O3S/c1-11-12(15)4-2-5-13(11)16-14(18)10-17-6-3-8-21(19,20)9-7-17/h2,4-5H,3,6-10,15H2,1H3,(H,16,18). The molecule has 3 N–H and O–H groups in total. The van der Waals surface area contributed by atoms with Crippen molar-refractivity contribution in [2.24, 2.45) is 0 Å². The van der Waals surface area contributed by atoms with Crippen molar-refractivity contribution in [1.29, 1.82) is 0 Å². The molecule has 1 heterocycles. The molecule has 0 radical (unpaired) electrons. The van der Waals surface area contributed by atoms with E-state index >= 15 is 0 Å². The third-order valence-corrected chi connectivity index (χ3v) is 5.38. The first-order valence-electron chi connectivity index (χ1n) is 6.95. The van der Waals surface area contributed by atoms with Gasteiger partial charge in [-0.25, -0.2) is 8.42 Å². The van der Waals surface area contributed by atoms with Crippen LogP contribution in [0.15, 0.2) is 18.2 Å². The zero-order chi connectivity index (χ0) is 15.5. The van der Waals surface area contributed by atoms with E-state index in [0.29, 0.717) is 30.9 Å². The number of hydrogen-bond acceptors (Lipinski definition) is 5. The fourth-order valence-corrected chi connectivity index (χ4v) is 3.64. The Bertz CT molecular complexity index is 628. The summed E-state index contributed by atoms with van der Waals surface area (Å²) >= 11 is 0. The molecule has 0 atom stereocenters. The normalized spacial score (nSPS) is 18.9. The Morgan fingerprint density at radius 1 is 1.33 bits per heavy atom. The minimum absolute atomic E-state index is 0.123. The first-order chi connectivity index (χ1) is 9.87.